The molecular weight excluding hydrogens is 275 g/mol. The largest absolute Gasteiger partial charge is 0.388 e. The first kappa shape index (κ1) is 11.4. The molecule has 3 atom stereocenters. The topological polar surface area (TPSA) is 37.3 Å². The Labute approximate surface area is 98.2 Å². The number of rotatable bonds is 1. The van der Waals surface area contributed by atoms with Crippen LogP contribution in [0.15, 0.2) is 30.3 Å². The SMILES string of the molecule is C[C@@]1(O)CC[P@](=O)(c2ccccc2)[C@@H]1Br. The summed E-state index contributed by atoms with van der Waals surface area (Å²) in [5.41, 5.74) is -0.856. The summed E-state index contributed by atoms with van der Waals surface area (Å²) >= 11 is 3.41. The summed E-state index contributed by atoms with van der Waals surface area (Å²) in [6, 6.07) is 9.46. The van der Waals surface area contributed by atoms with E-state index in [1.807, 2.05) is 30.3 Å². The summed E-state index contributed by atoms with van der Waals surface area (Å²) in [5, 5.41) is 10.9. The zero-order valence-corrected chi connectivity index (χ0v) is 11.0. The lowest BCUT2D eigenvalue weighted by molar-refractivity contribution is 0.0820. The lowest BCUT2D eigenvalue weighted by Crippen LogP contribution is -2.30. The average Bonchev–Trinajstić information content (AvgIpc) is 2.45. The quantitative estimate of drug-likeness (QED) is 0.637. The van der Waals surface area contributed by atoms with Crippen LogP contribution in [0.3, 0.4) is 0 Å². The van der Waals surface area contributed by atoms with Crippen molar-refractivity contribution in [3.63, 3.8) is 0 Å². The molecule has 0 unspecified atom stereocenters. The van der Waals surface area contributed by atoms with E-state index in [0.717, 1.165) is 5.30 Å². The molecule has 1 saturated heterocycles. The second-order valence-corrected chi connectivity index (χ2v) is 8.99. The van der Waals surface area contributed by atoms with Crippen molar-refractivity contribution in [2.24, 2.45) is 0 Å². The molecule has 0 aromatic heterocycles. The number of benzene rings is 1. The molecule has 1 heterocycles. The van der Waals surface area contributed by atoms with Gasteiger partial charge in [-0.3, -0.25) is 0 Å². The van der Waals surface area contributed by atoms with E-state index in [-0.39, 0.29) is 4.57 Å². The van der Waals surface area contributed by atoms with Gasteiger partial charge in [-0.25, -0.2) is 0 Å². The standard InChI is InChI=1S/C11H14BrO2P/c1-11(13)7-8-15(14,10(11)12)9-5-3-2-4-6-9/h2-6,10,13H,7-8H2,1H3/t10-,11+,15-/m0/s1. The van der Waals surface area contributed by atoms with Crippen LogP contribution >= 0.6 is 23.1 Å². The van der Waals surface area contributed by atoms with Crippen LogP contribution in [-0.2, 0) is 4.57 Å². The summed E-state index contributed by atoms with van der Waals surface area (Å²) in [6.45, 7) is 1.75. The van der Waals surface area contributed by atoms with Gasteiger partial charge in [0.25, 0.3) is 0 Å². The normalized spacial score (nSPS) is 40.6. The highest BCUT2D eigenvalue weighted by Crippen LogP contribution is 2.62. The van der Waals surface area contributed by atoms with Gasteiger partial charge >= 0.3 is 0 Å². The maximum Gasteiger partial charge on any atom is 0.131 e. The van der Waals surface area contributed by atoms with E-state index in [2.05, 4.69) is 15.9 Å². The molecular formula is C11H14BrO2P. The summed E-state index contributed by atoms with van der Waals surface area (Å²) < 4.78 is 12.4. The Hall–Kier alpha value is -0.110. The minimum absolute atomic E-state index is 0.320. The highest BCUT2D eigenvalue weighted by molar-refractivity contribution is 9.11. The molecule has 1 aliphatic rings. The van der Waals surface area contributed by atoms with Crippen molar-refractivity contribution in [3.05, 3.63) is 30.3 Å². The van der Waals surface area contributed by atoms with E-state index in [1.165, 1.54) is 0 Å². The van der Waals surface area contributed by atoms with E-state index in [9.17, 15) is 9.67 Å². The Morgan fingerprint density at radius 2 is 2.07 bits per heavy atom. The fraction of sp³-hybridized carbons (Fsp3) is 0.455. The minimum atomic E-state index is -2.47. The predicted octanol–water partition coefficient (Wildman–Crippen LogP) is 2.55. The van der Waals surface area contributed by atoms with Crippen molar-refractivity contribution in [3.8, 4) is 0 Å². The summed E-state index contributed by atoms with van der Waals surface area (Å²) in [4.78, 5) is 0. The van der Waals surface area contributed by atoms with Gasteiger partial charge in [0.05, 0.1) is 5.60 Å². The maximum atomic E-state index is 12.8. The van der Waals surface area contributed by atoms with E-state index >= 15 is 0 Å². The monoisotopic (exact) mass is 288 g/mol. The zero-order valence-electron chi connectivity index (χ0n) is 8.56. The van der Waals surface area contributed by atoms with Gasteiger partial charge in [0, 0.05) is 11.5 Å². The van der Waals surface area contributed by atoms with Crippen LogP contribution in [0.5, 0.6) is 0 Å². The van der Waals surface area contributed by atoms with Crippen molar-refractivity contribution in [2.75, 3.05) is 6.16 Å². The molecule has 15 heavy (non-hydrogen) atoms. The van der Waals surface area contributed by atoms with Crippen molar-refractivity contribution in [1.82, 2.24) is 0 Å². The number of alkyl halides is 1. The van der Waals surface area contributed by atoms with Crippen LogP contribution in [0.1, 0.15) is 13.3 Å². The third kappa shape index (κ3) is 1.82. The Bertz CT molecular complexity index is 402. The van der Waals surface area contributed by atoms with Gasteiger partial charge in [-0.1, -0.05) is 46.3 Å². The van der Waals surface area contributed by atoms with Gasteiger partial charge in [-0.05, 0) is 13.3 Å². The van der Waals surface area contributed by atoms with Crippen molar-refractivity contribution in [1.29, 1.82) is 0 Å². The molecule has 4 heteroatoms. The molecule has 2 nitrogen and oxygen atoms in total. The second-order valence-electron chi connectivity index (χ2n) is 4.30. The van der Waals surface area contributed by atoms with Gasteiger partial charge in [-0.2, -0.15) is 0 Å². The smallest absolute Gasteiger partial charge is 0.131 e. The summed E-state index contributed by atoms with van der Waals surface area (Å²) in [5.74, 6) is 0. The molecule has 82 valence electrons. The minimum Gasteiger partial charge on any atom is -0.388 e. The third-order valence-corrected chi connectivity index (χ3v) is 9.34. The Kier molecular flexibility index (Phi) is 2.83. The number of halogens is 1. The van der Waals surface area contributed by atoms with Crippen LogP contribution in [0.2, 0.25) is 0 Å². The average molecular weight is 289 g/mol. The van der Waals surface area contributed by atoms with Gasteiger partial charge in [0.1, 0.15) is 11.7 Å². The number of hydrogen-bond acceptors (Lipinski definition) is 2. The summed E-state index contributed by atoms with van der Waals surface area (Å²) in [6.07, 6.45) is 1.18. The van der Waals surface area contributed by atoms with Crippen LogP contribution in [0, 0.1) is 0 Å². The molecule has 2 rings (SSSR count). The van der Waals surface area contributed by atoms with Gasteiger partial charge < -0.3 is 9.67 Å². The molecule has 1 aromatic carbocycles. The van der Waals surface area contributed by atoms with E-state index in [4.69, 9.17) is 0 Å². The Balaban J connectivity index is 2.42. The number of hydrogen-bond donors (Lipinski definition) is 1. The first-order chi connectivity index (χ1) is 6.97. The van der Waals surface area contributed by atoms with Crippen LogP contribution in [0.25, 0.3) is 0 Å². The highest BCUT2D eigenvalue weighted by Gasteiger charge is 2.50. The molecule has 1 aromatic rings. The molecule has 1 aliphatic heterocycles. The van der Waals surface area contributed by atoms with E-state index < -0.39 is 12.7 Å². The van der Waals surface area contributed by atoms with Gasteiger partial charge in [0.15, 0.2) is 0 Å². The molecule has 1 N–H and O–H groups in total. The molecule has 0 saturated carbocycles. The fourth-order valence-electron chi connectivity index (χ4n) is 2.01. The summed E-state index contributed by atoms with van der Waals surface area (Å²) in [7, 11) is -2.47. The first-order valence-electron chi connectivity index (χ1n) is 4.98. The van der Waals surface area contributed by atoms with Gasteiger partial charge in [-0.15, -0.1) is 0 Å². The van der Waals surface area contributed by atoms with Crippen LogP contribution < -0.4 is 5.30 Å². The first-order valence-corrected chi connectivity index (χ1v) is 7.85. The zero-order chi connectivity index (χ0) is 11.1. The van der Waals surface area contributed by atoms with Gasteiger partial charge in [0.2, 0.25) is 0 Å². The van der Waals surface area contributed by atoms with E-state index in [1.54, 1.807) is 6.92 Å². The lowest BCUT2D eigenvalue weighted by Gasteiger charge is -2.24. The predicted molar refractivity (Wildman–Crippen MR) is 66.5 cm³/mol. The van der Waals surface area contributed by atoms with Crippen LogP contribution in [0.4, 0.5) is 0 Å². The highest BCUT2D eigenvalue weighted by atomic mass is 79.9. The van der Waals surface area contributed by atoms with E-state index in [0.29, 0.717) is 12.6 Å². The van der Waals surface area contributed by atoms with Crippen molar-refractivity contribution >= 4 is 28.4 Å². The lowest BCUT2D eigenvalue weighted by atomic mass is 10.1. The van der Waals surface area contributed by atoms with Crippen molar-refractivity contribution < 1.29 is 9.67 Å². The van der Waals surface area contributed by atoms with Crippen LogP contribution in [-0.4, -0.2) is 21.4 Å². The molecule has 0 bridgehead atoms. The second kappa shape index (κ2) is 3.73. The van der Waals surface area contributed by atoms with Crippen molar-refractivity contribution in [2.45, 2.75) is 23.5 Å². The third-order valence-electron chi connectivity index (χ3n) is 3.02. The molecule has 0 amide bonds. The maximum absolute atomic E-state index is 12.8. The molecule has 0 spiro atoms. The Morgan fingerprint density at radius 1 is 1.47 bits per heavy atom. The molecule has 0 radical (unpaired) electrons. The Morgan fingerprint density at radius 3 is 2.53 bits per heavy atom. The number of aliphatic hydroxyl groups is 1. The fourth-order valence-corrected chi connectivity index (χ4v) is 6.80. The molecule has 1 fully saturated rings. The molecule has 0 aliphatic carbocycles.